The minimum Gasteiger partial charge on any atom is -0.459 e. The van der Waals surface area contributed by atoms with E-state index < -0.39 is 105 Å². The summed E-state index contributed by atoms with van der Waals surface area (Å²) < 4.78 is 70.3. The molecule has 0 N–H and O–H groups in total. The van der Waals surface area contributed by atoms with Crippen LogP contribution in [0.5, 0.6) is 0 Å². The summed E-state index contributed by atoms with van der Waals surface area (Å²) in [6.07, 6.45) is 0. The smallest absolute Gasteiger partial charge is 0.356 e. The van der Waals surface area contributed by atoms with Gasteiger partial charge in [-0.3, -0.25) is 0 Å². The van der Waals surface area contributed by atoms with Gasteiger partial charge in [0.2, 0.25) is 0 Å². The zero-order valence-electron chi connectivity index (χ0n) is 18.4. The molecule has 186 valence electrons. The Labute approximate surface area is 186 Å². The third-order valence-corrected chi connectivity index (χ3v) is 3.88. The maximum absolute atomic E-state index is 12.8. The van der Waals surface area contributed by atoms with Crippen LogP contribution in [0.15, 0.2) is 0 Å². The van der Waals surface area contributed by atoms with Crippen molar-refractivity contribution in [3.8, 4) is 0 Å². The first kappa shape index (κ1) is 27.9. The molecule has 1 aromatic rings. The number of halogens is 4. The standard InChI is InChI=1S/C20H25F4NO8/c1-20(2,3)25-14(18(28)32-10-6-23)12(16(26)30-8-4-21)13(17(27)31-9-5-22)15(25)19(29)33-11-7-24/h4-11H2,1-3H3. The molecule has 0 unspecified atom stereocenters. The molecule has 0 atom stereocenters. The van der Waals surface area contributed by atoms with Crippen molar-refractivity contribution in [3.63, 3.8) is 0 Å². The number of aromatic nitrogens is 1. The Hall–Kier alpha value is -3.12. The van der Waals surface area contributed by atoms with Crippen LogP contribution in [0.25, 0.3) is 0 Å². The Bertz CT molecular complexity index is 802. The highest BCUT2D eigenvalue weighted by Crippen LogP contribution is 2.33. The fourth-order valence-electron chi connectivity index (χ4n) is 2.83. The molecule has 13 heteroatoms. The van der Waals surface area contributed by atoms with E-state index in [1.165, 1.54) is 20.8 Å². The van der Waals surface area contributed by atoms with Gasteiger partial charge >= 0.3 is 23.9 Å². The number of carbonyl (C=O) groups is 4. The van der Waals surface area contributed by atoms with Gasteiger partial charge in [-0.1, -0.05) is 0 Å². The van der Waals surface area contributed by atoms with Crippen molar-refractivity contribution < 1.29 is 55.7 Å². The Morgan fingerprint density at radius 3 is 1.12 bits per heavy atom. The van der Waals surface area contributed by atoms with Gasteiger partial charge in [-0.05, 0) is 20.8 Å². The topological polar surface area (TPSA) is 110 Å². The highest BCUT2D eigenvalue weighted by Gasteiger charge is 2.42. The summed E-state index contributed by atoms with van der Waals surface area (Å²) in [7, 11) is 0. The van der Waals surface area contributed by atoms with Crippen molar-refractivity contribution in [3.05, 3.63) is 22.5 Å². The summed E-state index contributed by atoms with van der Waals surface area (Å²) in [5, 5.41) is 0. The van der Waals surface area contributed by atoms with Gasteiger partial charge < -0.3 is 23.5 Å². The number of hydrogen-bond donors (Lipinski definition) is 0. The molecule has 0 aromatic carbocycles. The fraction of sp³-hybridized carbons (Fsp3) is 0.600. The van der Waals surface area contributed by atoms with Crippen molar-refractivity contribution in [2.45, 2.75) is 26.3 Å². The molecule has 0 saturated heterocycles. The summed E-state index contributed by atoms with van der Waals surface area (Å²) in [5.74, 6) is -5.46. The number of alkyl halides is 4. The van der Waals surface area contributed by atoms with Crippen LogP contribution in [0.3, 0.4) is 0 Å². The van der Waals surface area contributed by atoms with Crippen LogP contribution in [0.1, 0.15) is 62.5 Å². The van der Waals surface area contributed by atoms with Crippen LogP contribution in [-0.4, -0.2) is 81.6 Å². The Kier molecular flexibility index (Phi) is 10.8. The lowest BCUT2D eigenvalue weighted by molar-refractivity contribution is 0.0409. The summed E-state index contributed by atoms with van der Waals surface area (Å²) in [5.41, 5.74) is -4.35. The molecule has 9 nitrogen and oxygen atoms in total. The van der Waals surface area contributed by atoms with E-state index in [0.29, 0.717) is 0 Å². The van der Waals surface area contributed by atoms with Gasteiger partial charge in [-0.25, -0.2) is 36.7 Å². The third-order valence-electron chi connectivity index (χ3n) is 3.88. The van der Waals surface area contributed by atoms with E-state index in [2.05, 4.69) is 0 Å². The minimum absolute atomic E-state index is 0.709. The van der Waals surface area contributed by atoms with Crippen LogP contribution < -0.4 is 0 Å². The van der Waals surface area contributed by atoms with E-state index in [1.54, 1.807) is 0 Å². The normalized spacial score (nSPS) is 11.1. The molecule has 0 aliphatic heterocycles. The molecule has 0 fully saturated rings. The lowest BCUT2D eigenvalue weighted by Gasteiger charge is -2.26. The van der Waals surface area contributed by atoms with Gasteiger partial charge in [0.15, 0.2) is 0 Å². The van der Waals surface area contributed by atoms with Crippen molar-refractivity contribution in [1.29, 1.82) is 0 Å². The number of carbonyl (C=O) groups excluding carboxylic acids is 4. The van der Waals surface area contributed by atoms with E-state index >= 15 is 0 Å². The average Bonchev–Trinajstić information content (AvgIpc) is 3.14. The van der Waals surface area contributed by atoms with Crippen molar-refractivity contribution in [2.24, 2.45) is 0 Å². The summed E-state index contributed by atoms with van der Waals surface area (Å²) in [6, 6.07) is 0. The molecule has 0 bridgehead atoms. The van der Waals surface area contributed by atoms with Crippen LogP contribution in [0.2, 0.25) is 0 Å². The second-order valence-corrected chi connectivity index (χ2v) is 7.25. The monoisotopic (exact) mass is 483 g/mol. The third kappa shape index (κ3) is 6.93. The first-order valence-electron chi connectivity index (χ1n) is 9.78. The number of nitrogens with zero attached hydrogens (tertiary/aromatic N) is 1. The van der Waals surface area contributed by atoms with Crippen LogP contribution >= 0.6 is 0 Å². The molecular weight excluding hydrogens is 458 g/mol. The van der Waals surface area contributed by atoms with Gasteiger partial charge in [-0.15, -0.1) is 0 Å². The molecule has 1 heterocycles. The molecule has 0 spiro atoms. The molecule has 0 aliphatic carbocycles. The first-order valence-corrected chi connectivity index (χ1v) is 9.78. The lowest BCUT2D eigenvalue weighted by atomic mass is 10.1. The maximum atomic E-state index is 12.8. The van der Waals surface area contributed by atoms with E-state index in [9.17, 15) is 36.7 Å². The van der Waals surface area contributed by atoms with Gasteiger partial charge in [0, 0.05) is 5.54 Å². The zero-order chi connectivity index (χ0) is 25.2. The Morgan fingerprint density at radius 1 is 0.606 bits per heavy atom. The van der Waals surface area contributed by atoms with E-state index in [-0.39, 0.29) is 0 Å². The number of rotatable bonds is 12. The lowest BCUT2D eigenvalue weighted by Crippen LogP contribution is -2.31. The fourth-order valence-corrected chi connectivity index (χ4v) is 2.83. The van der Waals surface area contributed by atoms with Crippen LogP contribution in [-0.2, 0) is 24.5 Å². The van der Waals surface area contributed by atoms with Crippen molar-refractivity contribution in [2.75, 3.05) is 53.1 Å². The SMILES string of the molecule is CC(C)(C)n1c(C(=O)OCCF)c(C(=O)OCCF)c(C(=O)OCCF)c1C(=O)OCCF. The number of esters is 4. The highest BCUT2D eigenvalue weighted by molar-refractivity contribution is 6.15. The predicted molar refractivity (Wildman–Crippen MR) is 104 cm³/mol. The first-order chi connectivity index (χ1) is 15.6. The van der Waals surface area contributed by atoms with E-state index in [1.807, 2.05) is 0 Å². The summed E-state index contributed by atoms with van der Waals surface area (Å²) >= 11 is 0. The second-order valence-electron chi connectivity index (χ2n) is 7.25. The maximum Gasteiger partial charge on any atom is 0.356 e. The molecular formula is C20H25F4NO8. The Morgan fingerprint density at radius 2 is 0.879 bits per heavy atom. The Balaban J connectivity index is 4.03. The molecule has 0 saturated carbocycles. The predicted octanol–water partition coefficient (Wildman–Crippen LogP) is 2.75. The summed E-state index contributed by atoms with van der Waals surface area (Å²) in [4.78, 5) is 51.1. The second kappa shape index (κ2) is 12.8. The molecule has 1 rings (SSSR count). The zero-order valence-corrected chi connectivity index (χ0v) is 18.4. The van der Waals surface area contributed by atoms with Gasteiger partial charge in [0.05, 0.1) is 0 Å². The summed E-state index contributed by atoms with van der Waals surface area (Å²) in [6.45, 7) is -2.96. The quantitative estimate of drug-likeness (QED) is 0.254. The van der Waals surface area contributed by atoms with Gasteiger partial charge in [0.25, 0.3) is 0 Å². The van der Waals surface area contributed by atoms with E-state index in [4.69, 9.17) is 18.9 Å². The number of ether oxygens (including phenoxy) is 4. The molecule has 0 aliphatic rings. The van der Waals surface area contributed by atoms with Crippen molar-refractivity contribution >= 4 is 23.9 Å². The molecule has 0 radical (unpaired) electrons. The van der Waals surface area contributed by atoms with Gasteiger partial charge in [-0.2, -0.15) is 0 Å². The van der Waals surface area contributed by atoms with Gasteiger partial charge in [0.1, 0.15) is 75.6 Å². The van der Waals surface area contributed by atoms with Crippen molar-refractivity contribution in [1.82, 2.24) is 4.57 Å². The minimum atomic E-state index is -1.41. The van der Waals surface area contributed by atoms with E-state index in [0.717, 1.165) is 4.57 Å². The highest BCUT2D eigenvalue weighted by atomic mass is 19.1. The number of hydrogen-bond acceptors (Lipinski definition) is 8. The molecule has 0 amide bonds. The molecule has 33 heavy (non-hydrogen) atoms. The van der Waals surface area contributed by atoms with Crippen LogP contribution in [0.4, 0.5) is 17.6 Å². The molecule has 1 aromatic heterocycles. The van der Waals surface area contributed by atoms with Crippen LogP contribution in [0, 0.1) is 0 Å². The largest absolute Gasteiger partial charge is 0.459 e. The average molecular weight is 483 g/mol.